The Kier molecular flexibility index (Phi) is 4.91. The SMILES string of the molecule is O=C(COc1ccc(Cl)c(Cl)c1)NCC(O)C1CC1. The predicted octanol–water partition coefficient (Wildman–Crippen LogP) is 2.26. The molecule has 1 fully saturated rings. The van der Waals surface area contributed by atoms with Crippen LogP contribution in [-0.2, 0) is 4.79 Å². The van der Waals surface area contributed by atoms with E-state index in [1.807, 2.05) is 0 Å². The summed E-state index contributed by atoms with van der Waals surface area (Å²) in [6, 6.07) is 4.80. The number of hydrogen-bond acceptors (Lipinski definition) is 3. The lowest BCUT2D eigenvalue weighted by Crippen LogP contribution is -2.36. The number of nitrogens with one attached hydrogen (secondary N) is 1. The molecule has 0 spiro atoms. The van der Waals surface area contributed by atoms with E-state index in [1.54, 1.807) is 18.2 Å². The molecule has 1 aliphatic carbocycles. The topological polar surface area (TPSA) is 58.6 Å². The van der Waals surface area contributed by atoms with Crippen molar-refractivity contribution in [3.05, 3.63) is 28.2 Å². The molecule has 1 amide bonds. The first-order chi connectivity index (χ1) is 9.06. The highest BCUT2D eigenvalue weighted by Gasteiger charge is 2.29. The second kappa shape index (κ2) is 6.46. The molecule has 19 heavy (non-hydrogen) atoms. The van der Waals surface area contributed by atoms with Crippen LogP contribution in [0, 0.1) is 5.92 Å². The Morgan fingerprint density at radius 2 is 2.16 bits per heavy atom. The third-order valence-electron chi connectivity index (χ3n) is 2.94. The van der Waals surface area contributed by atoms with Gasteiger partial charge in [0.25, 0.3) is 5.91 Å². The van der Waals surface area contributed by atoms with Crippen molar-refractivity contribution in [1.82, 2.24) is 5.32 Å². The van der Waals surface area contributed by atoms with E-state index in [0.29, 0.717) is 21.7 Å². The zero-order valence-electron chi connectivity index (χ0n) is 10.2. The number of amides is 1. The molecular weight excluding hydrogens is 289 g/mol. The summed E-state index contributed by atoms with van der Waals surface area (Å²) in [6.07, 6.45) is 1.63. The van der Waals surface area contributed by atoms with E-state index in [1.165, 1.54) is 0 Å². The molecule has 4 nitrogen and oxygen atoms in total. The second-order valence-electron chi connectivity index (χ2n) is 4.57. The largest absolute Gasteiger partial charge is 0.484 e. The summed E-state index contributed by atoms with van der Waals surface area (Å²) in [6.45, 7) is 0.156. The quantitative estimate of drug-likeness (QED) is 0.847. The average Bonchev–Trinajstić information content (AvgIpc) is 3.21. The number of aliphatic hydroxyl groups is 1. The molecule has 2 rings (SSSR count). The normalized spacial score (nSPS) is 15.9. The maximum absolute atomic E-state index is 11.5. The number of rotatable bonds is 6. The molecule has 1 aromatic rings. The first kappa shape index (κ1) is 14.4. The zero-order valence-corrected chi connectivity index (χ0v) is 11.7. The molecule has 0 aliphatic heterocycles. The molecule has 1 saturated carbocycles. The van der Waals surface area contributed by atoms with E-state index in [-0.39, 0.29) is 19.1 Å². The molecule has 1 atom stereocenters. The van der Waals surface area contributed by atoms with E-state index in [9.17, 15) is 9.90 Å². The minimum Gasteiger partial charge on any atom is -0.484 e. The Bertz CT molecular complexity index is 463. The fourth-order valence-corrected chi connectivity index (χ4v) is 1.92. The van der Waals surface area contributed by atoms with Crippen molar-refractivity contribution in [1.29, 1.82) is 0 Å². The van der Waals surface area contributed by atoms with Crippen molar-refractivity contribution in [2.45, 2.75) is 18.9 Å². The monoisotopic (exact) mass is 303 g/mol. The van der Waals surface area contributed by atoms with Crippen LogP contribution in [-0.4, -0.2) is 30.3 Å². The predicted molar refractivity (Wildman–Crippen MR) is 73.7 cm³/mol. The molecule has 1 aromatic carbocycles. The summed E-state index contributed by atoms with van der Waals surface area (Å²) < 4.78 is 5.28. The van der Waals surface area contributed by atoms with Crippen molar-refractivity contribution in [3.63, 3.8) is 0 Å². The molecule has 0 aromatic heterocycles. The number of ether oxygens (including phenoxy) is 1. The minimum absolute atomic E-state index is 0.116. The fraction of sp³-hybridized carbons (Fsp3) is 0.462. The highest BCUT2D eigenvalue weighted by molar-refractivity contribution is 6.42. The third-order valence-corrected chi connectivity index (χ3v) is 3.67. The summed E-state index contributed by atoms with van der Waals surface area (Å²) >= 11 is 11.6. The van der Waals surface area contributed by atoms with Gasteiger partial charge in [-0.1, -0.05) is 23.2 Å². The summed E-state index contributed by atoms with van der Waals surface area (Å²) in [4.78, 5) is 11.5. The highest BCUT2D eigenvalue weighted by Crippen LogP contribution is 2.32. The van der Waals surface area contributed by atoms with E-state index in [0.717, 1.165) is 12.8 Å². The van der Waals surface area contributed by atoms with Gasteiger partial charge in [0.15, 0.2) is 6.61 Å². The van der Waals surface area contributed by atoms with Crippen LogP contribution in [0.1, 0.15) is 12.8 Å². The lowest BCUT2D eigenvalue weighted by Gasteiger charge is -2.11. The molecule has 1 aliphatic rings. The van der Waals surface area contributed by atoms with Gasteiger partial charge in [0, 0.05) is 12.6 Å². The van der Waals surface area contributed by atoms with Gasteiger partial charge in [-0.05, 0) is 30.9 Å². The molecule has 0 radical (unpaired) electrons. The van der Waals surface area contributed by atoms with Crippen molar-refractivity contribution in [2.24, 2.45) is 5.92 Å². The third kappa shape index (κ3) is 4.56. The van der Waals surface area contributed by atoms with Gasteiger partial charge in [-0.2, -0.15) is 0 Å². The maximum atomic E-state index is 11.5. The Morgan fingerprint density at radius 1 is 1.42 bits per heavy atom. The molecular formula is C13H15Cl2NO3. The lowest BCUT2D eigenvalue weighted by molar-refractivity contribution is -0.123. The number of benzene rings is 1. The number of aliphatic hydroxyl groups excluding tert-OH is 1. The fourth-order valence-electron chi connectivity index (χ4n) is 1.63. The van der Waals surface area contributed by atoms with Crippen LogP contribution < -0.4 is 10.1 Å². The maximum Gasteiger partial charge on any atom is 0.258 e. The van der Waals surface area contributed by atoms with E-state index >= 15 is 0 Å². The van der Waals surface area contributed by atoms with Gasteiger partial charge in [0.2, 0.25) is 0 Å². The van der Waals surface area contributed by atoms with Gasteiger partial charge < -0.3 is 15.2 Å². The average molecular weight is 304 g/mol. The number of hydrogen-bond donors (Lipinski definition) is 2. The zero-order chi connectivity index (χ0) is 13.8. The standard InChI is InChI=1S/C13H15Cl2NO3/c14-10-4-3-9(5-11(10)15)19-7-13(18)16-6-12(17)8-1-2-8/h3-5,8,12,17H,1-2,6-7H2,(H,16,18). The van der Waals surface area contributed by atoms with Crippen LogP contribution in [0.3, 0.4) is 0 Å². The van der Waals surface area contributed by atoms with E-state index in [2.05, 4.69) is 5.32 Å². The van der Waals surface area contributed by atoms with Crippen LogP contribution in [0.2, 0.25) is 10.0 Å². The summed E-state index contributed by atoms with van der Waals surface area (Å²) in [5.74, 6) is 0.550. The molecule has 0 bridgehead atoms. The van der Waals surface area contributed by atoms with Crippen LogP contribution in [0.4, 0.5) is 0 Å². The minimum atomic E-state index is -0.450. The van der Waals surface area contributed by atoms with Crippen LogP contribution in [0.25, 0.3) is 0 Å². The van der Waals surface area contributed by atoms with Crippen LogP contribution >= 0.6 is 23.2 Å². The molecule has 1 unspecified atom stereocenters. The molecule has 0 heterocycles. The van der Waals surface area contributed by atoms with Gasteiger partial charge in [-0.25, -0.2) is 0 Å². The lowest BCUT2D eigenvalue weighted by atomic mass is 10.2. The van der Waals surface area contributed by atoms with Gasteiger partial charge >= 0.3 is 0 Å². The number of carbonyl (C=O) groups is 1. The number of halogens is 2. The number of carbonyl (C=O) groups excluding carboxylic acids is 1. The molecule has 104 valence electrons. The van der Waals surface area contributed by atoms with Crippen LogP contribution in [0.15, 0.2) is 18.2 Å². The Balaban J connectivity index is 1.71. The van der Waals surface area contributed by atoms with Crippen LogP contribution in [0.5, 0.6) is 5.75 Å². The first-order valence-corrected chi connectivity index (χ1v) is 6.84. The van der Waals surface area contributed by atoms with Gasteiger partial charge in [0.1, 0.15) is 5.75 Å². The molecule has 6 heteroatoms. The van der Waals surface area contributed by atoms with Crippen molar-refractivity contribution in [2.75, 3.05) is 13.2 Å². The Morgan fingerprint density at radius 3 is 2.79 bits per heavy atom. The first-order valence-electron chi connectivity index (χ1n) is 6.09. The molecule has 0 saturated heterocycles. The van der Waals surface area contributed by atoms with Crippen molar-refractivity contribution >= 4 is 29.1 Å². The van der Waals surface area contributed by atoms with Crippen molar-refractivity contribution in [3.8, 4) is 5.75 Å². The smallest absolute Gasteiger partial charge is 0.258 e. The van der Waals surface area contributed by atoms with E-state index in [4.69, 9.17) is 27.9 Å². The van der Waals surface area contributed by atoms with Gasteiger partial charge in [-0.3, -0.25) is 4.79 Å². The second-order valence-corrected chi connectivity index (χ2v) is 5.39. The molecule has 2 N–H and O–H groups in total. The Hall–Kier alpha value is -0.970. The summed E-state index contributed by atoms with van der Waals surface area (Å²) in [7, 11) is 0. The Labute approximate surface area is 121 Å². The van der Waals surface area contributed by atoms with Crippen molar-refractivity contribution < 1.29 is 14.6 Å². The summed E-state index contributed by atoms with van der Waals surface area (Å²) in [5, 5.41) is 13.0. The highest BCUT2D eigenvalue weighted by atomic mass is 35.5. The summed E-state index contributed by atoms with van der Waals surface area (Å²) in [5.41, 5.74) is 0. The van der Waals surface area contributed by atoms with E-state index < -0.39 is 6.10 Å². The van der Waals surface area contributed by atoms with Gasteiger partial charge in [-0.15, -0.1) is 0 Å². The van der Waals surface area contributed by atoms with Gasteiger partial charge in [0.05, 0.1) is 16.1 Å².